The van der Waals surface area contributed by atoms with Crippen LogP contribution in [0.2, 0.25) is 0 Å². The van der Waals surface area contributed by atoms with E-state index in [1.165, 1.54) is 0 Å². The molecule has 0 aromatic heterocycles. The van der Waals surface area contributed by atoms with Gasteiger partial charge in [0.2, 0.25) is 0 Å². The van der Waals surface area contributed by atoms with Gasteiger partial charge in [-0.25, -0.2) is 0 Å². The van der Waals surface area contributed by atoms with Gasteiger partial charge in [-0.15, -0.1) is 0 Å². The molecule has 0 amide bonds. The van der Waals surface area contributed by atoms with Crippen LogP contribution in [0.4, 0.5) is 0 Å². The van der Waals surface area contributed by atoms with Crippen molar-refractivity contribution in [3.05, 3.63) is 0 Å². The third-order valence-electron chi connectivity index (χ3n) is 2.52. The van der Waals surface area contributed by atoms with E-state index in [9.17, 15) is 9.90 Å². The molecule has 16 heavy (non-hydrogen) atoms. The number of aliphatic hydroxyl groups is 1. The summed E-state index contributed by atoms with van der Waals surface area (Å²) in [4.78, 5) is 13.4. The van der Waals surface area contributed by atoms with Crippen LogP contribution < -0.4 is 5.32 Å². The summed E-state index contributed by atoms with van der Waals surface area (Å²) in [6.45, 7) is 7.04. The SMILES string of the molecule is CN(CC(=O)OC(C)(C)C)[C@H]1CNC[C@H]1O. The number of β-amino-alcohol motifs (C(OH)–C–C–N with tert-alkyl or cyclic N) is 1. The van der Waals surface area contributed by atoms with E-state index in [0.29, 0.717) is 13.1 Å². The van der Waals surface area contributed by atoms with Crippen LogP contribution >= 0.6 is 0 Å². The zero-order valence-electron chi connectivity index (χ0n) is 10.5. The monoisotopic (exact) mass is 230 g/mol. The number of nitrogens with zero attached hydrogens (tertiary/aromatic N) is 1. The van der Waals surface area contributed by atoms with Gasteiger partial charge in [0.25, 0.3) is 0 Å². The van der Waals surface area contributed by atoms with Gasteiger partial charge in [0.15, 0.2) is 0 Å². The zero-order chi connectivity index (χ0) is 12.3. The molecule has 0 unspecified atom stereocenters. The molecule has 0 radical (unpaired) electrons. The van der Waals surface area contributed by atoms with Crippen LogP contribution in [0, 0.1) is 0 Å². The maximum atomic E-state index is 11.6. The van der Waals surface area contributed by atoms with E-state index in [4.69, 9.17) is 4.74 Å². The van der Waals surface area contributed by atoms with Crippen molar-refractivity contribution >= 4 is 5.97 Å². The van der Waals surface area contributed by atoms with Crippen molar-refractivity contribution in [1.29, 1.82) is 0 Å². The lowest BCUT2D eigenvalue weighted by molar-refractivity contribution is -0.156. The third kappa shape index (κ3) is 4.08. The molecular formula is C11H22N2O3. The molecule has 1 saturated heterocycles. The molecule has 0 saturated carbocycles. The highest BCUT2D eigenvalue weighted by atomic mass is 16.6. The number of rotatable bonds is 3. The van der Waals surface area contributed by atoms with E-state index < -0.39 is 11.7 Å². The van der Waals surface area contributed by atoms with E-state index >= 15 is 0 Å². The first-order valence-corrected chi connectivity index (χ1v) is 5.60. The van der Waals surface area contributed by atoms with E-state index in [2.05, 4.69) is 5.32 Å². The molecule has 5 heteroatoms. The van der Waals surface area contributed by atoms with Crippen molar-refractivity contribution in [3.8, 4) is 0 Å². The summed E-state index contributed by atoms with van der Waals surface area (Å²) in [7, 11) is 1.82. The Bertz CT molecular complexity index is 250. The van der Waals surface area contributed by atoms with Crippen LogP contribution in [0.1, 0.15) is 20.8 Å². The van der Waals surface area contributed by atoms with Crippen LogP contribution in [0.25, 0.3) is 0 Å². The van der Waals surface area contributed by atoms with Crippen LogP contribution in [-0.2, 0) is 9.53 Å². The summed E-state index contributed by atoms with van der Waals surface area (Å²) in [5.74, 6) is -0.255. The van der Waals surface area contributed by atoms with Gasteiger partial charge < -0.3 is 15.2 Å². The number of carbonyl (C=O) groups is 1. The predicted molar refractivity (Wildman–Crippen MR) is 61.1 cm³/mol. The Morgan fingerprint density at radius 2 is 2.12 bits per heavy atom. The van der Waals surface area contributed by atoms with E-state index in [0.717, 1.165) is 0 Å². The van der Waals surface area contributed by atoms with Crippen molar-refractivity contribution < 1.29 is 14.6 Å². The standard InChI is InChI=1S/C11H22N2O3/c1-11(2,3)16-10(15)7-13(4)8-5-12-6-9(8)14/h8-9,12,14H,5-7H2,1-4H3/t8-,9+/m0/s1. The Kier molecular flexibility index (Phi) is 4.29. The minimum atomic E-state index is -0.454. The number of likely N-dealkylation sites (N-methyl/N-ethyl adjacent to an activating group) is 1. The van der Waals surface area contributed by atoms with Gasteiger partial charge in [0.1, 0.15) is 5.60 Å². The maximum Gasteiger partial charge on any atom is 0.320 e. The highest BCUT2D eigenvalue weighted by Crippen LogP contribution is 2.10. The molecule has 5 nitrogen and oxygen atoms in total. The molecule has 94 valence electrons. The summed E-state index contributed by atoms with van der Waals surface area (Å²) in [6, 6.07) is -0.00693. The van der Waals surface area contributed by atoms with Crippen LogP contribution in [-0.4, -0.2) is 60.4 Å². The number of aliphatic hydroxyl groups excluding tert-OH is 1. The number of hydrogen-bond donors (Lipinski definition) is 2. The molecule has 1 heterocycles. The highest BCUT2D eigenvalue weighted by Gasteiger charge is 2.30. The topological polar surface area (TPSA) is 61.8 Å². The molecule has 1 rings (SSSR count). The summed E-state index contributed by atoms with van der Waals surface area (Å²) in [6.07, 6.45) is -0.410. The Morgan fingerprint density at radius 1 is 1.50 bits per heavy atom. The normalized spacial score (nSPS) is 26.1. The molecule has 0 aromatic carbocycles. The smallest absolute Gasteiger partial charge is 0.320 e. The minimum absolute atomic E-state index is 0.00693. The molecule has 1 aliphatic heterocycles. The van der Waals surface area contributed by atoms with E-state index in [1.54, 1.807) is 0 Å². The largest absolute Gasteiger partial charge is 0.459 e. The first kappa shape index (κ1) is 13.4. The average Bonchev–Trinajstić information content (AvgIpc) is 2.47. The molecule has 2 atom stereocenters. The maximum absolute atomic E-state index is 11.6. The van der Waals surface area contributed by atoms with E-state index in [-0.39, 0.29) is 18.6 Å². The number of carbonyl (C=O) groups excluding carboxylic acids is 1. The van der Waals surface area contributed by atoms with Crippen molar-refractivity contribution in [2.24, 2.45) is 0 Å². The van der Waals surface area contributed by atoms with E-state index in [1.807, 2.05) is 32.7 Å². The molecule has 1 aliphatic rings. The lowest BCUT2D eigenvalue weighted by Crippen LogP contribution is -2.44. The Morgan fingerprint density at radius 3 is 2.56 bits per heavy atom. The first-order valence-electron chi connectivity index (χ1n) is 5.60. The minimum Gasteiger partial charge on any atom is -0.459 e. The molecule has 1 fully saturated rings. The second-order valence-electron chi connectivity index (χ2n) is 5.29. The van der Waals surface area contributed by atoms with Crippen LogP contribution in [0.15, 0.2) is 0 Å². The van der Waals surface area contributed by atoms with Gasteiger partial charge in [-0.05, 0) is 27.8 Å². The highest BCUT2D eigenvalue weighted by molar-refractivity contribution is 5.72. The third-order valence-corrected chi connectivity index (χ3v) is 2.52. The van der Waals surface area contributed by atoms with Gasteiger partial charge in [-0.1, -0.05) is 0 Å². The fraction of sp³-hybridized carbons (Fsp3) is 0.909. The second-order valence-corrected chi connectivity index (χ2v) is 5.29. The van der Waals surface area contributed by atoms with Gasteiger partial charge in [0.05, 0.1) is 12.6 Å². The molecular weight excluding hydrogens is 208 g/mol. The molecule has 0 spiro atoms. The van der Waals surface area contributed by atoms with Crippen LogP contribution in [0.3, 0.4) is 0 Å². The summed E-state index contributed by atoms with van der Waals surface area (Å²) in [5.41, 5.74) is -0.454. The Labute approximate surface area is 96.8 Å². The molecule has 2 N–H and O–H groups in total. The fourth-order valence-corrected chi connectivity index (χ4v) is 1.80. The average molecular weight is 230 g/mol. The lowest BCUT2D eigenvalue weighted by Gasteiger charge is -2.27. The summed E-state index contributed by atoms with van der Waals surface area (Å²) < 4.78 is 5.22. The number of hydrogen-bond acceptors (Lipinski definition) is 5. The van der Waals surface area contributed by atoms with Crippen molar-refractivity contribution in [2.75, 3.05) is 26.7 Å². The van der Waals surface area contributed by atoms with Crippen LogP contribution in [0.5, 0.6) is 0 Å². The second kappa shape index (κ2) is 5.12. The van der Waals surface area contributed by atoms with Crippen molar-refractivity contribution in [1.82, 2.24) is 10.2 Å². The van der Waals surface area contributed by atoms with Crippen molar-refractivity contribution in [2.45, 2.75) is 38.5 Å². The van der Waals surface area contributed by atoms with Gasteiger partial charge in [-0.2, -0.15) is 0 Å². The first-order chi connectivity index (χ1) is 7.29. The van der Waals surface area contributed by atoms with Gasteiger partial charge >= 0.3 is 5.97 Å². The Hall–Kier alpha value is -0.650. The van der Waals surface area contributed by atoms with Crippen molar-refractivity contribution in [3.63, 3.8) is 0 Å². The lowest BCUT2D eigenvalue weighted by atomic mass is 10.2. The molecule has 0 bridgehead atoms. The van der Waals surface area contributed by atoms with Gasteiger partial charge in [0, 0.05) is 19.1 Å². The number of esters is 1. The zero-order valence-corrected chi connectivity index (χ0v) is 10.5. The molecule has 0 aromatic rings. The van der Waals surface area contributed by atoms with Gasteiger partial charge in [-0.3, -0.25) is 9.69 Å². The summed E-state index contributed by atoms with van der Waals surface area (Å²) >= 11 is 0. The quantitative estimate of drug-likeness (QED) is 0.646. The summed E-state index contributed by atoms with van der Waals surface area (Å²) in [5, 5.41) is 12.7. The fourth-order valence-electron chi connectivity index (χ4n) is 1.80. The predicted octanol–water partition coefficient (Wildman–Crippen LogP) is -0.407. The Balaban J connectivity index is 2.39. The number of nitrogens with one attached hydrogen (secondary N) is 1. The number of ether oxygens (including phenoxy) is 1. The molecule has 0 aliphatic carbocycles.